The van der Waals surface area contributed by atoms with Crippen molar-refractivity contribution in [3.63, 3.8) is 0 Å². The van der Waals surface area contributed by atoms with Crippen molar-refractivity contribution in [2.75, 3.05) is 0 Å². The van der Waals surface area contributed by atoms with Gasteiger partial charge in [0.15, 0.2) is 0 Å². The SMILES string of the molecule is CCC(C)C(C)NCc1cc(F)ccc1C#N. The summed E-state index contributed by atoms with van der Waals surface area (Å²) >= 11 is 0. The van der Waals surface area contributed by atoms with E-state index < -0.39 is 0 Å². The molecule has 17 heavy (non-hydrogen) atoms. The molecule has 2 atom stereocenters. The summed E-state index contributed by atoms with van der Waals surface area (Å²) in [5, 5.41) is 12.3. The number of nitrogens with zero attached hydrogens (tertiary/aromatic N) is 1. The summed E-state index contributed by atoms with van der Waals surface area (Å²) < 4.78 is 13.1. The molecule has 0 aliphatic rings. The smallest absolute Gasteiger partial charge is 0.123 e. The summed E-state index contributed by atoms with van der Waals surface area (Å²) in [4.78, 5) is 0. The molecule has 0 heterocycles. The summed E-state index contributed by atoms with van der Waals surface area (Å²) in [6, 6.07) is 6.71. The van der Waals surface area contributed by atoms with Crippen molar-refractivity contribution in [1.29, 1.82) is 5.26 Å². The third-order valence-electron chi connectivity index (χ3n) is 3.30. The summed E-state index contributed by atoms with van der Waals surface area (Å²) in [6.45, 7) is 6.96. The van der Waals surface area contributed by atoms with E-state index in [1.165, 1.54) is 18.2 Å². The summed E-state index contributed by atoms with van der Waals surface area (Å²) in [5.41, 5.74) is 1.26. The monoisotopic (exact) mass is 234 g/mol. The molecular weight excluding hydrogens is 215 g/mol. The average molecular weight is 234 g/mol. The molecule has 0 amide bonds. The van der Waals surface area contributed by atoms with Gasteiger partial charge in [-0.25, -0.2) is 4.39 Å². The number of hydrogen-bond acceptors (Lipinski definition) is 2. The minimum absolute atomic E-state index is 0.294. The lowest BCUT2D eigenvalue weighted by Gasteiger charge is -2.20. The topological polar surface area (TPSA) is 35.8 Å². The Hall–Kier alpha value is -1.40. The third-order valence-corrected chi connectivity index (χ3v) is 3.30. The molecule has 1 aromatic carbocycles. The Balaban J connectivity index is 2.69. The van der Waals surface area contributed by atoms with E-state index >= 15 is 0 Å². The van der Waals surface area contributed by atoms with Gasteiger partial charge in [0.05, 0.1) is 11.6 Å². The lowest BCUT2D eigenvalue weighted by Crippen LogP contribution is -2.31. The molecule has 1 rings (SSSR count). The first-order valence-corrected chi connectivity index (χ1v) is 6.00. The van der Waals surface area contributed by atoms with E-state index in [2.05, 4.69) is 32.2 Å². The zero-order chi connectivity index (χ0) is 12.8. The number of nitriles is 1. The van der Waals surface area contributed by atoms with Crippen LogP contribution in [0.1, 0.15) is 38.3 Å². The van der Waals surface area contributed by atoms with Gasteiger partial charge in [0.25, 0.3) is 0 Å². The van der Waals surface area contributed by atoms with Crippen LogP contribution in [0.4, 0.5) is 4.39 Å². The van der Waals surface area contributed by atoms with Gasteiger partial charge in [0.2, 0.25) is 0 Å². The van der Waals surface area contributed by atoms with E-state index in [4.69, 9.17) is 5.26 Å². The number of nitrogens with one attached hydrogen (secondary N) is 1. The van der Waals surface area contributed by atoms with E-state index in [0.29, 0.717) is 24.1 Å². The highest BCUT2D eigenvalue weighted by Crippen LogP contribution is 2.12. The van der Waals surface area contributed by atoms with Crippen LogP contribution in [0, 0.1) is 23.1 Å². The third kappa shape index (κ3) is 3.83. The van der Waals surface area contributed by atoms with E-state index in [1.807, 2.05) is 0 Å². The Morgan fingerprint density at radius 2 is 2.12 bits per heavy atom. The van der Waals surface area contributed by atoms with Crippen molar-refractivity contribution >= 4 is 0 Å². The van der Waals surface area contributed by atoms with E-state index in [1.54, 1.807) is 0 Å². The van der Waals surface area contributed by atoms with Crippen LogP contribution in [0.3, 0.4) is 0 Å². The molecule has 0 saturated heterocycles. The summed E-state index contributed by atoms with van der Waals surface area (Å²) in [6.07, 6.45) is 1.10. The van der Waals surface area contributed by atoms with Crippen LogP contribution in [0.2, 0.25) is 0 Å². The Morgan fingerprint density at radius 1 is 1.41 bits per heavy atom. The Labute approximate surface area is 102 Å². The van der Waals surface area contributed by atoms with Crippen molar-refractivity contribution in [1.82, 2.24) is 5.32 Å². The first kappa shape index (κ1) is 13.7. The number of halogens is 1. The summed E-state index contributed by atoms with van der Waals surface area (Å²) in [5.74, 6) is 0.270. The molecule has 2 unspecified atom stereocenters. The fraction of sp³-hybridized carbons (Fsp3) is 0.500. The largest absolute Gasteiger partial charge is 0.310 e. The summed E-state index contributed by atoms with van der Waals surface area (Å²) in [7, 11) is 0. The number of rotatable bonds is 5. The molecule has 1 N–H and O–H groups in total. The zero-order valence-corrected chi connectivity index (χ0v) is 10.6. The highest BCUT2D eigenvalue weighted by atomic mass is 19.1. The molecule has 2 nitrogen and oxygen atoms in total. The highest BCUT2D eigenvalue weighted by molar-refractivity contribution is 5.37. The maximum absolute atomic E-state index is 13.1. The fourth-order valence-corrected chi connectivity index (χ4v) is 1.64. The Bertz CT molecular complexity index is 409. The Morgan fingerprint density at radius 3 is 2.71 bits per heavy atom. The highest BCUT2D eigenvalue weighted by Gasteiger charge is 2.10. The molecule has 0 radical (unpaired) electrons. The average Bonchev–Trinajstić information content (AvgIpc) is 2.35. The van der Waals surface area contributed by atoms with Crippen LogP contribution in [0.5, 0.6) is 0 Å². The minimum Gasteiger partial charge on any atom is -0.310 e. The van der Waals surface area contributed by atoms with E-state index in [-0.39, 0.29) is 5.82 Å². The molecule has 0 spiro atoms. The van der Waals surface area contributed by atoms with Crippen LogP contribution in [0.15, 0.2) is 18.2 Å². The van der Waals surface area contributed by atoms with Crippen LogP contribution in [0.25, 0.3) is 0 Å². The first-order valence-electron chi connectivity index (χ1n) is 6.00. The first-order chi connectivity index (χ1) is 8.08. The molecule has 0 aromatic heterocycles. The molecular formula is C14H19FN2. The van der Waals surface area contributed by atoms with Gasteiger partial charge in [0.1, 0.15) is 5.82 Å². The van der Waals surface area contributed by atoms with Gasteiger partial charge >= 0.3 is 0 Å². The second kappa shape index (κ2) is 6.36. The fourth-order valence-electron chi connectivity index (χ4n) is 1.64. The van der Waals surface area contributed by atoms with Crippen molar-refractivity contribution in [2.24, 2.45) is 5.92 Å². The van der Waals surface area contributed by atoms with Gasteiger partial charge in [-0.15, -0.1) is 0 Å². The second-order valence-corrected chi connectivity index (χ2v) is 4.47. The van der Waals surface area contributed by atoms with Crippen molar-refractivity contribution in [3.8, 4) is 6.07 Å². The predicted molar refractivity (Wildman–Crippen MR) is 66.9 cm³/mol. The molecule has 1 aromatic rings. The second-order valence-electron chi connectivity index (χ2n) is 4.47. The Kier molecular flexibility index (Phi) is 5.11. The molecule has 92 valence electrons. The van der Waals surface area contributed by atoms with Gasteiger partial charge < -0.3 is 5.32 Å². The number of benzene rings is 1. The van der Waals surface area contributed by atoms with Crippen LogP contribution < -0.4 is 5.32 Å². The van der Waals surface area contributed by atoms with Crippen molar-refractivity contribution < 1.29 is 4.39 Å². The van der Waals surface area contributed by atoms with Gasteiger partial charge in [-0.1, -0.05) is 20.3 Å². The lowest BCUT2D eigenvalue weighted by atomic mass is 10.00. The van der Waals surface area contributed by atoms with Crippen molar-refractivity contribution in [3.05, 3.63) is 35.1 Å². The van der Waals surface area contributed by atoms with Gasteiger partial charge in [0, 0.05) is 12.6 Å². The van der Waals surface area contributed by atoms with Gasteiger partial charge in [-0.3, -0.25) is 0 Å². The van der Waals surface area contributed by atoms with Crippen LogP contribution >= 0.6 is 0 Å². The van der Waals surface area contributed by atoms with Crippen LogP contribution in [-0.4, -0.2) is 6.04 Å². The van der Waals surface area contributed by atoms with E-state index in [0.717, 1.165) is 12.0 Å². The zero-order valence-electron chi connectivity index (χ0n) is 10.6. The van der Waals surface area contributed by atoms with Gasteiger partial charge in [-0.05, 0) is 36.6 Å². The molecule has 0 fully saturated rings. The van der Waals surface area contributed by atoms with Crippen molar-refractivity contribution in [2.45, 2.75) is 39.8 Å². The predicted octanol–water partition coefficient (Wildman–Crippen LogP) is 3.22. The molecule has 3 heteroatoms. The quantitative estimate of drug-likeness (QED) is 0.849. The molecule has 0 aliphatic heterocycles. The maximum Gasteiger partial charge on any atom is 0.123 e. The number of hydrogen-bond donors (Lipinski definition) is 1. The molecule has 0 bridgehead atoms. The normalized spacial score (nSPS) is 14.1. The van der Waals surface area contributed by atoms with E-state index in [9.17, 15) is 4.39 Å². The van der Waals surface area contributed by atoms with Gasteiger partial charge in [-0.2, -0.15) is 5.26 Å². The minimum atomic E-state index is -0.294. The molecule has 0 aliphatic carbocycles. The molecule has 0 saturated carbocycles. The lowest BCUT2D eigenvalue weighted by molar-refractivity contribution is 0.389. The standard InChI is InChI=1S/C14H19FN2/c1-4-10(2)11(3)17-9-13-7-14(15)6-5-12(13)8-16/h5-7,10-11,17H,4,9H2,1-3H3. The maximum atomic E-state index is 13.1. The van der Waals surface area contributed by atoms with Crippen LogP contribution in [-0.2, 0) is 6.54 Å².